The molecular formula is C25H32N4O5S2. The smallest absolute Gasteiger partial charge is 0.326 e. The maximum Gasteiger partial charge on any atom is 0.326 e. The lowest BCUT2D eigenvalue weighted by atomic mass is 9.91. The summed E-state index contributed by atoms with van der Waals surface area (Å²) in [6.07, 6.45) is 0.371. The Labute approximate surface area is 219 Å². The third kappa shape index (κ3) is 6.65. The number of amides is 3. The first-order chi connectivity index (χ1) is 17.1. The van der Waals surface area contributed by atoms with E-state index in [1.807, 2.05) is 41.8 Å². The highest BCUT2D eigenvalue weighted by molar-refractivity contribution is 7.80. The summed E-state index contributed by atoms with van der Waals surface area (Å²) in [5.74, 6) is -2.79. The molecule has 1 unspecified atom stereocenters. The highest BCUT2D eigenvalue weighted by Crippen LogP contribution is 2.25. The van der Waals surface area contributed by atoms with Gasteiger partial charge >= 0.3 is 5.97 Å². The van der Waals surface area contributed by atoms with E-state index in [1.54, 1.807) is 13.8 Å². The number of hydrogen-bond acceptors (Lipinski definition) is 7. The molecule has 1 aromatic carbocycles. The van der Waals surface area contributed by atoms with Crippen LogP contribution >= 0.6 is 24.0 Å². The van der Waals surface area contributed by atoms with Crippen LogP contribution in [0.2, 0.25) is 0 Å². The third-order valence-corrected chi connectivity index (χ3v) is 7.49. The van der Waals surface area contributed by atoms with E-state index < -0.39 is 47.9 Å². The number of nitrogens with zero attached hydrogens (tertiary/aromatic N) is 1. The van der Waals surface area contributed by atoms with Crippen molar-refractivity contribution in [3.8, 4) is 0 Å². The first-order valence-corrected chi connectivity index (χ1v) is 13.2. The lowest BCUT2D eigenvalue weighted by Crippen LogP contribution is -2.61. The van der Waals surface area contributed by atoms with Gasteiger partial charge in [0.1, 0.15) is 18.1 Å². The zero-order chi connectivity index (χ0) is 26.4. The van der Waals surface area contributed by atoms with Gasteiger partial charge in [0.05, 0.1) is 6.04 Å². The van der Waals surface area contributed by atoms with Crippen molar-refractivity contribution in [2.24, 2.45) is 11.7 Å². The second kappa shape index (κ2) is 12.4. The number of nitrogens with two attached hydrogens (primary N) is 1. The van der Waals surface area contributed by atoms with Crippen molar-refractivity contribution in [1.29, 1.82) is 0 Å². The molecule has 4 atom stereocenters. The maximum absolute atomic E-state index is 13.7. The number of carboxylic acids is 1. The fourth-order valence-corrected chi connectivity index (χ4v) is 5.04. The number of thiol groups is 1. The van der Waals surface area contributed by atoms with Gasteiger partial charge in [-0.2, -0.15) is 12.6 Å². The maximum atomic E-state index is 13.7. The summed E-state index contributed by atoms with van der Waals surface area (Å²) in [5, 5.41) is 16.9. The van der Waals surface area contributed by atoms with Gasteiger partial charge in [0, 0.05) is 30.0 Å². The van der Waals surface area contributed by atoms with Crippen LogP contribution in [0.3, 0.4) is 0 Å². The molecule has 0 fully saturated rings. The van der Waals surface area contributed by atoms with E-state index in [0.717, 1.165) is 16.0 Å². The van der Waals surface area contributed by atoms with Gasteiger partial charge in [0.15, 0.2) is 0 Å². The number of aliphatic carboxylic acids is 1. The van der Waals surface area contributed by atoms with E-state index in [4.69, 9.17) is 5.73 Å². The molecule has 5 N–H and O–H groups in total. The minimum Gasteiger partial charge on any atom is -0.480 e. The van der Waals surface area contributed by atoms with Gasteiger partial charge < -0.3 is 26.4 Å². The monoisotopic (exact) mass is 532 g/mol. The molecule has 0 aliphatic carbocycles. The zero-order valence-electron chi connectivity index (χ0n) is 20.2. The van der Waals surface area contributed by atoms with Gasteiger partial charge in [0.25, 0.3) is 0 Å². The van der Waals surface area contributed by atoms with E-state index >= 15 is 0 Å². The molecule has 0 saturated carbocycles. The molecule has 3 rings (SSSR count). The van der Waals surface area contributed by atoms with Crippen LogP contribution in [0.4, 0.5) is 0 Å². The van der Waals surface area contributed by atoms with Crippen molar-refractivity contribution in [3.05, 3.63) is 57.8 Å². The number of nitrogens with one attached hydrogen (secondary N) is 2. The van der Waals surface area contributed by atoms with Gasteiger partial charge in [-0.05, 0) is 28.5 Å². The summed E-state index contributed by atoms with van der Waals surface area (Å²) in [6, 6.07) is 7.26. The SMILES string of the molecule is CC(C)[C@H](NC(=O)[C@@H](N)CS)C(=O)N1Cc2ccccc2C[C@@H]1C(=O)NC(Cc1cccs1)C(=O)O. The molecule has 1 aliphatic rings. The average molecular weight is 533 g/mol. The molecule has 1 aromatic heterocycles. The Morgan fingerprint density at radius 2 is 1.83 bits per heavy atom. The largest absolute Gasteiger partial charge is 0.480 e. The van der Waals surface area contributed by atoms with Crippen LogP contribution in [-0.4, -0.2) is 63.6 Å². The average Bonchev–Trinajstić information content (AvgIpc) is 3.37. The quantitative estimate of drug-likeness (QED) is 0.291. The minimum atomic E-state index is -1.15. The fraction of sp³-hybridized carbons (Fsp3) is 0.440. The highest BCUT2D eigenvalue weighted by atomic mass is 32.1. The molecule has 3 amide bonds. The second-order valence-corrected chi connectivity index (χ2v) is 10.6. The molecule has 2 heterocycles. The highest BCUT2D eigenvalue weighted by Gasteiger charge is 2.40. The van der Waals surface area contributed by atoms with E-state index in [0.29, 0.717) is 0 Å². The van der Waals surface area contributed by atoms with Crippen LogP contribution < -0.4 is 16.4 Å². The third-order valence-electron chi connectivity index (χ3n) is 6.20. The van der Waals surface area contributed by atoms with Crippen LogP contribution in [-0.2, 0) is 38.6 Å². The Hall–Kier alpha value is -2.89. The van der Waals surface area contributed by atoms with Crippen molar-refractivity contribution < 1.29 is 24.3 Å². The first kappa shape index (κ1) is 27.7. The first-order valence-electron chi connectivity index (χ1n) is 11.7. The number of rotatable bonds is 10. The summed E-state index contributed by atoms with van der Waals surface area (Å²) >= 11 is 5.46. The minimum absolute atomic E-state index is 0.119. The molecule has 0 bridgehead atoms. The van der Waals surface area contributed by atoms with Crippen molar-refractivity contribution in [2.75, 3.05) is 5.75 Å². The van der Waals surface area contributed by atoms with Crippen LogP contribution in [0.15, 0.2) is 41.8 Å². The number of hydrogen-bond donors (Lipinski definition) is 5. The van der Waals surface area contributed by atoms with Gasteiger partial charge in [-0.3, -0.25) is 14.4 Å². The lowest BCUT2D eigenvalue weighted by Gasteiger charge is -2.39. The number of fused-ring (bicyclic) bond motifs is 1. The zero-order valence-corrected chi connectivity index (χ0v) is 21.9. The van der Waals surface area contributed by atoms with E-state index in [1.165, 1.54) is 16.2 Å². The number of benzene rings is 1. The van der Waals surface area contributed by atoms with Crippen molar-refractivity contribution in [1.82, 2.24) is 15.5 Å². The summed E-state index contributed by atoms with van der Waals surface area (Å²) in [4.78, 5) is 53.8. The number of thiophene rings is 1. The Bertz CT molecular complexity index is 1090. The Morgan fingerprint density at radius 3 is 2.42 bits per heavy atom. The van der Waals surface area contributed by atoms with Gasteiger partial charge in [-0.1, -0.05) is 44.2 Å². The molecule has 0 radical (unpaired) electrons. The van der Waals surface area contributed by atoms with Gasteiger partial charge in [-0.15, -0.1) is 11.3 Å². The molecule has 1 aliphatic heterocycles. The van der Waals surface area contributed by atoms with E-state index in [9.17, 15) is 24.3 Å². The summed E-state index contributed by atoms with van der Waals surface area (Å²) in [6.45, 7) is 3.75. The standard InChI is InChI=1S/C25H32N4O5S2/c1-14(2)21(28-22(30)18(26)13-35)24(32)29-12-16-7-4-3-6-15(16)10-20(29)23(31)27-19(25(33)34)11-17-8-5-9-36-17/h3-9,14,18-21,35H,10-13,26H2,1-2H3,(H,27,31)(H,28,30)(H,33,34)/t18-,19?,20+,21-/m0/s1. The molecule has 36 heavy (non-hydrogen) atoms. The van der Waals surface area contributed by atoms with Crippen LogP contribution in [0.5, 0.6) is 0 Å². The topological polar surface area (TPSA) is 142 Å². The Balaban J connectivity index is 1.88. The number of carbonyl (C=O) groups excluding carboxylic acids is 3. The van der Waals surface area contributed by atoms with Gasteiger partial charge in [0.2, 0.25) is 17.7 Å². The summed E-state index contributed by atoms with van der Waals surface area (Å²) in [7, 11) is 0. The summed E-state index contributed by atoms with van der Waals surface area (Å²) < 4.78 is 0. The van der Waals surface area contributed by atoms with Crippen LogP contribution in [0.1, 0.15) is 29.9 Å². The van der Waals surface area contributed by atoms with Crippen molar-refractivity contribution in [3.63, 3.8) is 0 Å². The lowest BCUT2D eigenvalue weighted by molar-refractivity contribution is -0.147. The van der Waals surface area contributed by atoms with Gasteiger partial charge in [-0.25, -0.2) is 4.79 Å². The van der Waals surface area contributed by atoms with Crippen molar-refractivity contribution >= 4 is 47.7 Å². The molecule has 194 valence electrons. The normalized spacial score (nSPS) is 17.6. The molecule has 0 saturated heterocycles. The predicted octanol–water partition coefficient (Wildman–Crippen LogP) is 1.21. The van der Waals surface area contributed by atoms with E-state index in [2.05, 4.69) is 23.3 Å². The second-order valence-electron chi connectivity index (χ2n) is 9.16. The molecule has 9 nitrogen and oxygen atoms in total. The fourth-order valence-electron chi connectivity index (χ4n) is 4.12. The predicted molar refractivity (Wildman–Crippen MR) is 141 cm³/mol. The number of carbonyl (C=O) groups is 4. The summed E-state index contributed by atoms with van der Waals surface area (Å²) in [5.41, 5.74) is 7.59. The van der Waals surface area contributed by atoms with Crippen LogP contribution in [0, 0.1) is 5.92 Å². The number of carboxylic acid groups (broad SMARTS) is 1. The van der Waals surface area contributed by atoms with E-state index in [-0.39, 0.29) is 31.1 Å². The Kier molecular flexibility index (Phi) is 9.52. The molecular weight excluding hydrogens is 500 g/mol. The molecule has 11 heteroatoms. The Morgan fingerprint density at radius 1 is 1.14 bits per heavy atom. The molecule has 0 spiro atoms. The van der Waals surface area contributed by atoms with Crippen LogP contribution in [0.25, 0.3) is 0 Å². The molecule has 2 aromatic rings. The van der Waals surface area contributed by atoms with Crippen molar-refractivity contribution in [2.45, 2.75) is 57.4 Å².